The van der Waals surface area contributed by atoms with Crippen molar-refractivity contribution < 1.29 is 9.59 Å². The van der Waals surface area contributed by atoms with E-state index in [4.69, 9.17) is 11.6 Å². The number of halogens is 1. The predicted molar refractivity (Wildman–Crippen MR) is 76.9 cm³/mol. The molecule has 1 aromatic heterocycles. The van der Waals surface area contributed by atoms with Crippen molar-refractivity contribution in [2.45, 2.75) is 25.8 Å². The summed E-state index contributed by atoms with van der Waals surface area (Å²) in [6.07, 6.45) is 1.26. The second kappa shape index (κ2) is 6.56. The van der Waals surface area contributed by atoms with Gasteiger partial charge in [0.25, 0.3) is 5.91 Å². The minimum Gasteiger partial charge on any atom is -0.370 e. The average Bonchev–Trinajstić information content (AvgIpc) is 2.81. The molecule has 1 aliphatic rings. The van der Waals surface area contributed by atoms with E-state index in [1.54, 1.807) is 6.07 Å². The fourth-order valence-corrected chi connectivity index (χ4v) is 2.16. The van der Waals surface area contributed by atoms with Crippen molar-refractivity contribution >= 4 is 29.2 Å². The van der Waals surface area contributed by atoms with Crippen molar-refractivity contribution in [3.05, 3.63) is 22.8 Å². The normalized spacial score (nSPS) is 17.7. The molecule has 1 unspecified atom stereocenters. The van der Waals surface area contributed by atoms with Crippen LogP contribution in [-0.4, -0.2) is 35.9 Å². The molecule has 1 atom stereocenters. The number of rotatable bonds is 5. The largest absolute Gasteiger partial charge is 0.370 e. The molecule has 1 aliphatic heterocycles. The second-order valence-corrected chi connectivity index (χ2v) is 5.06. The van der Waals surface area contributed by atoms with Gasteiger partial charge in [0.2, 0.25) is 5.91 Å². The van der Waals surface area contributed by atoms with Gasteiger partial charge < -0.3 is 16.0 Å². The summed E-state index contributed by atoms with van der Waals surface area (Å²) in [5, 5.41) is 8.82. The van der Waals surface area contributed by atoms with Gasteiger partial charge in [-0.15, -0.1) is 0 Å². The molecule has 0 aromatic carbocycles. The lowest BCUT2D eigenvalue weighted by molar-refractivity contribution is -0.119. The minimum absolute atomic E-state index is 0.0478. The molecule has 2 rings (SSSR count). The van der Waals surface area contributed by atoms with Crippen LogP contribution < -0.4 is 16.0 Å². The lowest BCUT2D eigenvalue weighted by Gasteiger charge is -2.12. The van der Waals surface area contributed by atoms with E-state index >= 15 is 0 Å². The number of hydrogen-bond donors (Lipinski definition) is 3. The number of hydrogen-bond acceptors (Lipinski definition) is 4. The number of anilines is 1. The van der Waals surface area contributed by atoms with E-state index in [0.717, 1.165) is 13.0 Å². The van der Waals surface area contributed by atoms with Gasteiger partial charge in [-0.25, -0.2) is 4.98 Å². The van der Waals surface area contributed by atoms with Gasteiger partial charge in [0.1, 0.15) is 11.0 Å². The summed E-state index contributed by atoms with van der Waals surface area (Å²) in [6, 6.07) is 2.99. The first-order valence-corrected chi connectivity index (χ1v) is 6.95. The molecule has 0 bridgehead atoms. The van der Waals surface area contributed by atoms with Gasteiger partial charge in [0.05, 0.1) is 6.04 Å². The second-order valence-electron chi connectivity index (χ2n) is 4.67. The van der Waals surface area contributed by atoms with Crippen molar-refractivity contribution in [3.8, 4) is 0 Å². The molecule has 108 valence electrons. The van der Waals surface area contributed by atoms with Crippen LogP contribution in [0.5, 0.6) is 0 Å². The topological polar surface area (TPSA) is 83.1 Å². The molecule has 7 heteroatoms. The molecule has 1 aromatic rings. The highest BCUT2D eigenvalue weighted by molar-refractivity contribution is 6.29. The molecule has 1 saturated heterocycles. The predicted octanol–water partition coefficient (Wildman–Crippen LogP) is 1.18. The summed E-state index contributed by atoms with van der Waals surface area (Å²) in [7, 11) is 0. The Kier molecular flexibility index (Phi) is 4.79. The Labute approximate surface area is 122 Å². The van der Waals surface area contributed by atoms with E-state index in [1.165, 1.54) is 6.07 Å². The summed E-state index contributed by atoms with van der Waals surface area (Å²) >= 11 is 5.92. The summed E-state index contributed by atoms with van der Waals surface area (Å²) in [6.45, 7) is 3.26. The number of aromatic nitrogens is 1. The molecule has 3 N–H and O–H groups in total. The van der Waals surface area contributed by atoms with Crippen LogP contribution in [0.3, 0.4) is 0 Å². The monoisotopic (exact) mass is 296 g/mol. The van der Waals surface area contributed by atoms with E-state index in [0.29, 0.717) is 24.3 Å². The van der Waals surface area contributed by atoms with Gasteiger partial charge in [-0.1, -0.05) is 18.5 Å². The number of nitrogens with one attached hydrogen (secondary N) is 3. The Morgan fingerprint density at radius 3 is 3.00 bits per heavy atom. The first-order chi connectivity index (χ1) is 9.58. The number of amides is 2. The van der Waals surface area contributed by atoms with Crippen LogP contribution in [0.1, 0.15) is 30.1 Å². The van der Waals surface area contributed by atoms with Crippen LogP contribution in [0.4, 0.5) is 5.82 Å². The third-order valence-electron chi connectivity index (χ3n) is 2.93. The maximum Gasteiger partial charge on any atom is 0.251 e. The highest BCUT2D eigenvalue weighted by Crippen LogP contribution is 2.15. The Balaban J connectivity index is 2.04. The van der Waals surface area contributed by atoms with Crippen LogP contribution in [-0.2, 0) is 4.79 Å². The maximum atomic E-state index is 12.1. The zero-order chi connectivity index (χ0) is 14.5. The van der Waals surface area contributed by atoms with Crippen LogP contribution in [0.25, 0.3) is 0 Å². The fourth-order valence-electron chi connectivity index (χ4n) is 1.95. The van der Waals surface area contributed by atoms with Crippen LogP contribution in [0, 0.1) is 0 Å². The fraction of sp³-hybridized carbons (Fsp3) is 0.462. The SMILES string of the molecule is CCCNc1cc(C(=O)NC2CNC(=O)C2)cc(Cl)n1. The van der Waals surface area contributed by atoms with Crippen LogP contribution in [0.2, 0.25) is 5.15 Å². The first-order valence-electron chi connectivity index (χ1n) is 6.57. The van der Waals surface area contributed by atoms with Gasteiger partial charge in [0, 0.05) is 25.1 Å². The Morgan fingerprint density at radius 2 is 2.35 bits per heavy atom. The van der Waals surface area contributed by atoms with Gasteiger partial charge in [-0.05, 0) is 18.6 Å². The van der Waals surface area contributed by atoms with Gasteiger partial charge in [-0.2, -0.15) is 0 Å². The third-order valence-corrected chi connectivity index (χ3v) is 3.12. The standard InChI is InChI=1S/C13H17ClN4O2/c1-2-3-15-11-5-8(4-10(14)18-11)13(20)17-9-6-12(19)16-7-9/h4-5,9H,2-3,6-7H2,1H3,(H,15,18)(H,16,19)(H,17,20). The van der Waals surface area contributed by atoms with Gasteiger partial charge in [-0.3, -0.25) is 9.59 Å². The molecule has 0 aliphatic carbocycles. The average molecular weight is 297 g/mol. The van der Waals surface area contributed by atoms with Crippen LogP contribution >= 0.6 is 11.6 Å². The van der Waals surface area contributed by atoms with Crippen molar-refractivity contribution in [2.75, 3.05) is 18.4 Å². The molecule has 6 nitrogen and oxygen atoms in total. The first kappa shape index (κ1) is 14.6. The number of nitrogens with zero attached hydrogens (tertiary/aromatic N) is 1. The minimum atomic E-state index is -0.254. The maximum absolute atomic E-state index is 12.1. The van der Waals surface area contributed by atoms with E-state index in [-0.39, 0.29) is 23.0 Å². The highest BCUT2D eigenvalue weighted by Gasteiger charge is 2.23. The quantitative estimate of drug-likeness (QED) is 0.713. The lowest BCUT2D eigenvalue weighted by Crippen LogP contribution is -2.36. The molecular formula is C13H17ClN4O2. The molecular weight excluding hydrogens is 280 g/mol. The molecule has 1 fully saturated rings. The summed E-state index contributed by atoms with van der Waals surface area (Å²) in [5.74, 6) is 0.272. The Morgan fingerprint density at radius 1 is 1.55 bits per heavy atom. The number of carbonyl (C=O) groups excluding carboxylic acids is 2. The van der Waals surface area contributed by atoms with Crippen molar-refractivity contribution in [3.63, 3.8) is 0 Å². The number of carbonyl (C=O) groups is 2. The van der Waals surface area contributed by atoms with E-state index in [1.807, 2.05) is 6.92 Å². The lowest BCUT2D eigenvalue weighted by atomic mass is 10.2. The smallest absolute Gasteiger partial charge is 0.251 e. The summed E-state index contributed by atoms with van der Waals surface area (Å²) in [5.41, 5.74) is 0.433. The zero-order valence-corrected chi connectivity index (χ0v) is 12.0. The third kappa shape index (κ3) is 3.84. The summed E-state index contributed by atoms with van der Waals surface area (Å²) < 4.78 is 0. The Hall–Kier alpha value is -1.82. The van der Waals surface area contributed by atoms with Crippen molar-refractivity contribution in [1.82, 2.24) is 15.6 Å². The van der Waals surface area contributed by atoms with E-state index < -0.39 is 0 Å². The van der Waals surface area contributed by atoms with Crippen molar-refractivity contribution in [1.29, 1.82) is 0 Å². The van der Waals surface area contributed by atoms with Gasteiger partial charge in [0.15, 0.2) is 0 Å². The number of pyridine rings is 1. The Bertz CT molecular complexity index is 521. The molecule has 2 amide bonds. The van der Waals surface area contributed by atoms with Crippen LogP contribution in [0.15, 0.2) is 12.1 Å². The van der Waals surface area contributed by atoms with E-state index in [2.05, 4.69) is 20.9 Å². The van der Waals surface area contributed by atoms with Crippen molar-refractivity contribution in [2.24, 2.45) is 0 Å². The van der Waals surface area contributed by atoms with E-state index in [9.17, 15) is 9.59 Å². The summed E-state index contributed by atoms with van der Waals surface area (Å²) in [4.78, 5) is 27.3. The highest BCUT2D eigenvalue weighted by atomic mass is 35.5. The zero-order valence-electron chi connectivity index (χ0n) is 11.2. The molecule has 0 radical (unpaired) electrons. The van der Waals surface area contributed by atoms with Gasteiger partial charge >= 0.3 is 0 Å². The molecule has 20 heavy (non-hydrogen) atoms. The molecule has 0 saturated carbocycles. The molecule has 2 heterocycles. The molecule has 0 spiro atoms.